The van der Waals surface area contributed by atoms with E-state index in [9.17, 15) is 14.7 Å². The fraction of sp³-hybridized carbons (Fsp3) is 0.452. The Morgan fingerprint density at radius 2 is 1.85 bits per heavy atom. The monoisotopic (exact) mass is 575 g/mol. The number of ether oxygens (including phenoxy) is 1. The molecule has 0 bridgehead atoms. The highest BCUT2D eigenvalue weighted by atomic mass is 32.1. The van der Waals surface area contributed by atoms with Gasteiger partial charge in [-0.1, -0.05) is 24.3 Å². The Kier molecular flexibility index (Phi) is 7.37. The van der Waals surface area contributed by atoms with Crippen LogP contribution in [0.15, 0.2) is 48.5 Å². The van der Waals surface area contributed by atoms with Crippen LogP contribution >= 0.6 is 11.3 Å². The minimum absolute atomic E-state index is 0.00593. The third-order valence-electron chi connectivity index (χ3n) is 7.57. The summed E-state index contributed by atoms with van der Waals surface area (Å²) in [6.07, 6.45) is 2.26. The molecule has 2 amide bonds. The Bertz CT molecular complexity index is 1450. The lowest BCUT2D eigenvalue weighted by molar-refractivity contribution is 0.0508. The first-order valence-corrected chi connectivity index (χ1v) is 15.2. The van der Waals surface area contributed by atoms with Gasteiger partial charge in [-0.2, -0.15) is 0 Å². The molecule has 2 aromatic heterocycles. The maximum atomic E-state index is 12.7. The molecule has 2 atom stereocenters. The summed E-state index contributed by atoms with van der Waals surface area (Å²) in [6.45, 7) is 7.50. The van der Waals surface area contributed by atoms with Crippen LogP contribution in [-0.2, 0) is 11.2 Å². The van der Waals surface area contributed by atoms with E-state index in [-0.39, 0.29) is 11.9 Å². The number of hydrogen-bond donors (Lipinski definition) is 3. The SMILES string of the molecule is CC(C)(C)OC(=O)N[C@H]1CCN(c2cccc(C(O)N3CCc4cc(C(=O)NC5CC5)sc4-c4ccccc43)n2)C1. The number of carbonyl (C=O) groups is 2. The van der Waals surface area contributed by atoms with Gasteiger partial charge in [-0.05, 0) is 76.3 Å². The molecule has 3 aliphatic rings. The molecule has 2 aliphatic heterocycles. The van der Waals surface area contributed by atoms with Crippen molar-refractivity contribution in [3.8, 4) is 10.4 Å². The summed E-state index contributed by atoms with van der Waals surface area (Å²) in [7, 11) is 0. The molecule has 0 spiro atoms. The molecule has 10 heteroatoms. The summed E-state index contributed by atoms with van der Waals surface area (Å²) < 4.78 is 5.41. The van der Waals surface area contributed by atoms with Gasteiger partial charge in [-0.3, -0.25) is 4.79 Å². The maximum Gasteiger partial charge on any atom is 0.407 e. The van der Waals surface area contributed by atoms with Crippen LogP contribution in [0.2, 0.25) is 0 Å². The zero-order valence-corrected chi connectivity index (χ0v) is 24.5. The third kappa shape index (κ3) is 6.18. The molecule has 0 radical (unpaired) electrons. The summed E-state index contributed by atoms with van der Waals surface area (Å²) in [4.78, 5) is 35.8. The first-order valence-electron chi connectivity index (χ1n) is 14.3. The zero-order chi connectivity index (χ0) is 28.7. The third-order valence-corrected chi connectivity index (χ3v) is 8.78. The number of carbonyl (C=O) groups excluding carboxylic acids is 2. The van der Waals surface area contributed by atoms with Crippen molar-refractivity contribution >= 4 is 34.8 Å². The number of fused-ring (bicyclic) bond motifs is 3. The van der Waals surface area contributed by atoms with Crippen LogP contribution in [-0.4, -0.2) is 59.4 Å². The van der Waals surface area contributed by atoms with Crippen LogP contribution in [0.4, 0.5) is 16.3 Å². The molecule has 3 aromatic rings. The van der Waals surface area contributed by atoms with Gasteiger partial charge in [-0.15, -0.1) is 11.3 Å². The number of rotatable bonds is 6. The Hall–Kier alpha value is -3.63. The van der Waals surface area contributed by atoms with Crippen LogP contribution in [0.5, 0.6) is 0 Å². The average molecular weight is 576 g/mol. The molecule has 1 aliphatic carbocycles. The molecule has 1 saturated heterocycles. The fourth-order valence-electron chi connectivity index (χ4n) is 5.45. The van der Waals surface area contributed by atoms with Crippen molar-refractivity contribution in [2.24, 2.45) is 0 Å². The van der Waals surface area contributed by atoms with Gasteiger partial charge >= 0.3 is 6.09 Å². The molecule has 6 rings (SSSR count). The van der Waals surface area contributed by atoms with Gasteiger partial charge in [0.25, 0.3) is 5.91 Å². The van der Waals surface area contributed by atoms with Crippen LogP contribution in [0.1, 0.15) is 67.2 Å². The van der Waals surface area contributed by atoms with Crippen LogP contribution in [0.3, 0.4) is 0 Å². The van der Waals surface area contributed by atoms with Crippen LogP contribution < -0.4 is 20.4 Å². The van der Waals surface area contributed by atoms with E-state index in [2.05, 4.69) is 21.6 Å². The van der Waals surface area contributed by atoms with E-state index in [1.54, 1.807) is 0 Å². The Labute approximate surface area is 244 Å². The lowest BCUT2D eigenvalue weighted by Gasteiger charge is -2.30. The summed E-state index contributed by atoms with van der Waals surface area (Å²) in [5.41, 5.74) is 3.08. The second kappa shape index (κ2) is 11.0. The number of aliphatic hydroxyl groups excluding tert-OH is 1. The Morgan fingerprint density at radius 3 is 2.63 bits per heavy atom. The molecule has 41 heavy (non-hydrogen) atoms. The maximum absolute atomic E-state index is 12.7. The molecule has 4 heterocycles. The number of anilines is 2. The molecular weight excluding hydrogens is 538 g/mol. The van der Waals surface area contributed by atoms with Gasteiger partial charge in [0.2, 0.25) is 0 Å². The molecule has 3 N–H and O–H groups in total. The largest absolute Gasteiger partial charge is 0.444 e. The molecule has 1 aromatic carbocycles. The normalized spacial score (nSPS) is 19.2. The second-order valence-corrected chi connectivity index (χ2v) is 13.1. The summed E-state index contributed by atoms with van der Waals surface area (Å²) in [5.74, 6) is 0.773. The quantitative estimate of drug-likeness (QED) is 0.385. The zero-order valence-electron chi connectivity index (χ0n) is 23.7. The Morgan fingerprint density at radius 1 is 1.05 bits per heavy atom. The number of benzene rings is 1. The predicted octanol–water partition coefficient (Wildman–Crippen LogP) is 4.86. The first-order chi connectivity index (χ1) is 19.6. The van der Waals surface area contributed by atoms with Gasteiger partial charge < -0.3 is 30.3 Å². The smallest absolute Gasteiger partial charge is 0.407 e. The Balaban J connectivity index is 1.18. The molecule has 216 valence electrons. The molecule has 2 fully saturated rings. The molecule has 1 unspecified atom stereocenters. The number of para-hydroxylation sites is 1. The van der Waals surface area contributed by atoms with E-state index in [4.69, 9.17) is 9.72 Å². The van der Waals surface area contributed by atoms with E-state index >= 15 is 0 Å². The van der Waals surface area contributed by atoms with Crippen LogP contribution in [0.25, 0.3) is 10.4 Å². The lowest BCUT2D eigenvalue weighted by atomic mass is 10.1. The number of nitrogens with zero attached hydrogens (tertiary/aromatic N) is 3. The van der Waals surface area contributed by atoms with E-state index < -0.39 is 17.9 Å². The minimum atomic E-state index is -0.943. The summed E-state index contributed by atoms with van der Waals surface area (Å²) >= 11 is 1.52. The average Bonchev–Trinajstić information content (AvgIpc) is 3.49. The number of aromatic nitrogens is 1. The number of nitrogens with one attached hydrogen (secondary N) is 2. The number of aliphatic hydroxyl groups is 1. The van der Waals surface area contributed by atoms with E-state index in [1.807, 2.05) is 68.1 Å². The van der Waals surface area contributed by atoms with Crippen LogP contribution in [0, 0.1) is 0 Å². The molecule has 9 nitrogen and oxygen atoms in total. The predicted molar refractivity (Wildman–Crippen MR) is 160 cm³/mol. The highest BCUT2D eigenvalue weighted by molar-refractivity contribution is 7.17. The van der Waals surface area contributed by atoms with Gasteiger partial charge in [0, 0.05) is 41.8 Å². The first kappa shape index (κ1) is 27.5. The minimum Gasteiger partial charge on any atom is -0.444 e. The number of hydrogen-bond acceptors (Lipinski definition) is 8. The van der Waals surface area contributed by atoms with Crippen molar-refractivity contribution in [3.63, 3.8) is 0 Å². The number of alkyl carbamates (subject to hydrolysis) is 1. The van der Waals surface area contributed by atoms with Crippen molar-refractivity contribution in [1.82, 2.24) is 15.6 Å². The highest BCUT2D eigenvalue weighted by Crippen LogP contribution is 2.43. The van der Waals surface area contributed by atoms with Crippen molar-refractivity contribution in [3.05, 3.63) is 64.7 Å². The second-order valence-electron chi connectivity index (χ2n) is 12.0. The van der Waals surface area contributed by atoms with Crippen molar-refractivity contribution in [1.29, 1.82) is 0 Å². The van der Waals surface area contributed by atoms with E-state index in [0.717, 1.165) is 58.2 Å². The number of thiophene rings is 1. The van der Waals surface area contributed by atoms with Gasteiger partial charge in [-0.25, -0.2) is 9.78 Å². The fourth-order valence-corrected chi connectivity index (χ4v) is 6.60. The van der Waals surface area contributed by atoms with Crippen molar-refractivity contribution in [2.75, 3.05) is 29.4 Å². The number of amides is 2. The van der Waals surface area contributed by atoms with Crippen molar-refractivity contribution in [2.45, 2.75) is 70.4 Å². The standard InChI is InChI=1S/C31H37N5O4S/c1-31(2,3)40-30(39)33-21-14-15-35(18-21)26-10-6-8-23(34-26)29(38)36-16-13-19-17-25(28(37)32-20-11-12-20)41-27(19)22-7-4-5-9-24(22)36/h4-10,17,20-21,29,38H,11-16,18H2,1-3H3,(H,32,37)(H,33,39)/t21-,29?/m0/s1. The molecular formula is C31H37N5O4S. The topological polar surface area (TPSA) is 107 Å². The highest BCUT2D eigenvalue weighted by Gasteiger charge is 2.31. The van der Waals surface area contributed by atoms with E-state index in [0.29, 0.717) is 31.2 Å². The van der Waals surface area contributed by atoms with E-state index in [1.165, 1.54) is 11.3 Å². The summed E-state index contributed by atoms with van der Waals surface area (Å²) in [5, 5.41) is 17.7. The molecule has 1 saturated carbocycles. The van der Waals surface area contributed by atoms with Gasteiger partial charge in [0.15, 0.2) is 6.23 Å². The summed E-state index contributed by atoms with van der Waals surface area (Å²) in [6, 6.07) is 16.1. The van der Waals surface area contributed by atoms with Gasteiger partial charge in [0.05, 0.1) is 16.6 Å². The number of pyridine rings is 1. The lowest BCUT2D eigenvalue weighted by Crippen LogP contribution is -2.40. The van der Waals surface area contributed by atoms with Gasteiger partial charge in [0.1, 0.15) is 11.4 Å². The van der Waals surface area contributed by atoms with Crippen molar-refractivity contribution < 1.29 is 19.4 Å².